The van der Waals surface area contributed by atoms with Crippen LogP contribution < -0.4 is 10.5 Å². The number of hydrogen-bond acceptors (Lipinski definition) is 5. The van der Waals surface area contributed by atoms with Crippen molar-refractivity contribution in [3.8, 4) is 0 Å². The number of nitrogens with zero attached hydrogens (tertiary/aromatic N) is 3. The fourth-order valence-corrected chi connectivity index (χ4v) is 5.11. The predicted molar refractivity (Wildman–Crippen MR) is 126 cm³/mol. The third kappa shape index (κ3) is 4.18. The molecule has 0 bridgehead atoms. The summed E-state index contributed by atoms with van der Waals surface area (Å²) >= 11 is 1.22. The lowest BCUT2D eigenvalue weighted by Crippen LogP contribution is -2.43. The molecule has 0 saturated heterocycles. The first kappa shape index (κ1) is 21.5. The largest absolute Gasteiger partial charge is 0.467 e. The van der Waals surface area contributed by atoms with E-state index in [0.717, 1.165) is 24.1 Å². The molecule has 1 aliphatic rings. The second kappa shape index (κ2) is 8.86. The topological polar surface area (TPSA) is 68.3 Å². The van der Waals surface area contributed by atoms with Gasteiger partial charge in [-0.3, -0.25) is 14.2 Å². The Hall–Kier alpha value is -3.39. The molecule has 0 N–H and O–H groups in total. The van der Waals surface area contributed by atoms with E-state index in [4.69, 9.17) is 4.42 Å². The summed E-state index contributed by atoms with van der Waals surface area (Å²) in [5.74, 6) is 0.326. The maximum Gasteiger partial charge on any atom is 0.262 e. The summed E-state index contributed by atoms with van der Waals surface area (Å²) in [5.41, 5.74) is 1.99. The Bertz CT molecular complexity index is 1380. The van der Waals surface area contributed by atoms with Crippen LogP contribution in [0.3, 0.4) is 0 Å². The van der Waals surface area contributed by atoms with Crippen LogP contribution in [0.25, 0.3) is 10.9 Å². The summed E-state index contributed by atoms with van der Waals surface area (Å²) in [7, 11) is 0. The predicted octanol–water partition coefficient (Wildman–Crippen LogP) is 4.64. The number of fused-ring (bicyclic) bond motifs is 2. The van der Waals surface area contributed by atoms with Crippen molar-refractivity contribution in [1.29, 1.82) is 0 Å². The quantitative estimate of drug-likeness (QED) is 0.319. The van der Waals surface area contributed by atoms with Crippen LogP contribution in [0.1, 0.15) is 24.7 Å². The lowest BCUT2D eigenvalue weighted by Gasteiger charge is -2.35. The van der Waals surface area contributed by atoms with Gasteiger partial charge < -0.3 is 9.32 Å². The Labute approximate surface area is 194 Å². The molecule has 1 unspecified atom stereocenters. The highest BCUT2D eigenvalue weighted by molar-refractivity contribution is 7.99. The lowest BCUT2D eigenvalue weighted by molar-refractivity contribution is -0.116. The maximum atomic E-state index is 13.7. The molecule has 0 aliphatic carbocycles. The van der Waals surface area contributed by atoms with Crippen LogP contribution in [0, 0.1) is 5.82 Å². The molecular formula is C25H22FN3O3S. The monoisotopic (exact) mass is 463 g/mol. The van der Waals surface area contributed by atoms with Crippen molar-refractivity contribution < 1.29 is 13.6 Å². The van der Waals surface area contributed by atoms with Crippen molar-refractivity contribution in [1.82, 2.24) is 9.55 Å². The number of aromatic nitrogens is 2. The fourth-order valence-electron chi connectivity index (χ4n) is 4.25. The van der Waals surface area contributed by atoms with Crippen LogP contribution in [-0.4, -0.2) is 27.3 Å². The molecule has 6 nitrogen and oxygen atoms in total. The Balaban J connectivity index is 1.46. The Kier molecular flexibility index (Phi) is 5.76. The average molecular weight is 464 g/mol. The van der Waals surface area contributed by atoms with Gasteiger partial charge in [-0.1, -0.05) is 23.9 Å². The third-order valence-electron chi connectivity index (χ3n) is 5.89. The van der Waals surface area contributed by atoms with Gasteiger partial charge in [-0.15, -0.1) is 0 Å². The molecule has 2 aromatic carbocycles. The van der Waals surface area contributed by atoms with Gasteiger partial charge >= 0.3 is 0 Å². The van der Waals surface area contributed by atoms with Gasteiger partial charge in [0.2, 0.25) is 5.91 Å². The van der Waals surface area contributed by atoms with Crippen LogP contribution in [0.15, 0.2) is 75.2 Å². The highest BCUT2D eigenvalue weighted by atomic mass is 32.2. The lowest BCUT2D eigenvalue weighted by atomic mass is 9.96. The molecule has 5 rings (SSSR count). The molecule has 1 atom stereocenters. The summed E-state index contributed by atoms with van der Waals surface area (Å²) in [5, 5.41) is 0.966. The molecule has 4 aromatic rings. The van der Waals surface area contributed by atoms with Crippen LogP contribution in [-0.2, 0) is 17.8 Å². The number of amides is 1. The van der Waals surface area contributed by atoms with Crippen molar-refractivity contribution in [2.75, 3.05) is 10.7 Å². The summed E-state index contributed by atoms with van der Waals surface area (Å²) < 4.78 is 20.7. The molecule has 0 spiro atoms. The second-order valence-electron chi connectivity index (χ2n) is 8.10. The Morgan fingerprint density at radius 1 is 1.21 bits per heavy atom. The van der Waals surface area contributed by atoms with Gasteiger partial charge in [0, 0.05) is 11.7 Å². The molecule has 168 valence electrons. The van der Waals surface area contributed by atoms with E-state index in [1.54, 1.807) is 52.1 Å². The number of hydrogen-bond donors (Lipinski definition) is 0. The number of rotatable bonds is 5. The zero-order valence-electron chi connectivity index (χ0n) is 18.0. The highest BCUT2D eigenvalue weighted by Crippen LogP contribution is 2.32. The number of carbonyl (C=O) groups is 1. The number of aryl methyl sites for hydroxylation is 1. The maximum absolute atomic E-state index is 13.7. The van der Waals surface area contributed by atoms with Crippen molar-refractivity contribution in [3.05, 3.63) is 88.4 Å². The van der Waals surface area contributed by atoms with E-state index < -0.39 is 0 Å². The first-order valence-electron chi connectivity index (χ1n) is 10.8. The summed E-state index contributed by atoms with van der Waals surface area (Å²) in [6.07, 6.45) is 3.06. The van der Waals surface area contributed by atoms with E-state index in [0.29, 0.717) is 21.8 Å². The molecule has 8 heteroatoms. The van der Waals surface area contributed by atoms with Crippen LogP contribution >= 0.6 is 11.8 Å². The molecule has 3 heterocycles. The molecule has 1 amide bonds. The van der Waals surface area contributed by atoms with Crippen LogP contribution in [0.4, 0.5) is 10.1 Å². The van der Waals surface area contributed by atoms with Crippen molar-refractivity contribution in [2.45, 2.75) is 37.5 Å². The fraction of sp³-hybridized carbons (Fsp3) is 0.240. The second-order valence-corrected chi connectivity index (χ2v) is 9.04. The minimum absolute atomic E-state index is 0.00550. The molecule has 33 heavy (non-hydrogen) atoms. The number of benzene rings is 2. The molecule has 0 fully saturated rings. The third-order valence-corrected chi connectivity index (χ3v) is 6.85. The number of para-hydroxylation sites is 1. The average Bonchev–Trinajstić information content (AvgIpc) is 3.33. The van der Waals surface area contributed by atoms with E-state index in [1.165, 1.54) is 23.9 Å². The zero-order valence-corrected chi connectivity index (χ0v) is 18.8. The molecule has 1 aliphatic heterocycles. The Morgan fingerprint density at radius 3 is 2.88 bits per heavy atom. The van der Waals surface area contributed by atoms with Gasteiger partial charge in [0.05, 0.1) is 29.5 Å². The normalized spacial score (nSPS) is 15.6. The molecule has 2 aromatic heterocycles. The number of halogens is 1. The van der Waals surface area contributed by atoms with Crippen molar-refractivity contribution >= 4 is 34.3 Å². The van der Waals surface area contributed by atoms with Gasteiger partial charge in [-0.2, -0.15) is 0 Å². The van der Waals surface area contributed by atoms with Crippen molar-refractivity contribution in [3.63, 3.8) is 0 Å². The summed E-state index contributed by atoms with van der Waals surface area (Å²) in [6, 6.07) is 15.3. The minimum Gasteiger partial charge on any atom is -0.467 e. The first-order valence-corrected chi connectivity index (χ1v) is 11.7. The number of furan rings is 1. The Morgan fingerprint density at radius 2 is 2.06 bits per heavy atom. The van der Waals surface area contributed by atoms with E-state index >= 15 is 0 Å². The summed E-state index contributed by atoms with van der Waals surface area (Å²) in [6.45, 7) is 2.22. The van der Waals surface area contributed by atoms with Gasteiger partial charge in [-0.25, -0.2) is 9.37 Å². The van der Waals surface area contributed by atoms with Gasteiger partial charge in [0.1, 0.15) is 11.6 Å². The van der Waals surface area contributed by atoms with E-state index in [1.807, 2.05) is 13.0 Å². The SMILES string of the molecule is CC1CCc2cc(F)ccc2N1C(=O)CSc1nc2ccccc2c(=O)n1Cc1ccco1. The molecule has 0 radical (unpaired) electrons. The smallest absolute Gasteiger partial charge is 0.262 e. The molecule has 0 saturated carbocycles. The van der Waals surface area contributed by atoms with Gasteiger partial charge in [-0.05, 0) is 67.8 Å². The van der Waals surface area contributed by atoms with E-state index in [-0.39, 0.29) is 35.6 Å². The standard InChI is InChI=1S/C25H22FN3O3S/c1-16-8-9-17-13-18(26)10-11-22(17)29(16)23(30)15-33-25-27-21-7-3-2-6-20(21)24(31)28(25)14-19-5-4-12-32-19/h2-7,10-13,16H,8-9,14-15H2,1H3. The zero-order chi connectivity index (χ0) is 22.9. The minimum atomic E-state index is -0.299. The van der Waals surface area contributed by atoms with Gasteiger partial charge in [0.25, 0.3) is 5.56 Å². The van der Waals surface area contributed by atoms with Crippen LogP contribution in [0.5, 0.6) is 0 Å². The molecular weight excluding hydrogens is 441 g/mol. The number of carbonyl (C=O) groups excluding carboxylic acids is 1. The number of anilines is 1. The van der Waals surface area contributed by atoms with E-state index in [9.17, 15) is 14.0 Å². The summed E-state index contributed by atoms with van der Waals surface area (Å²) in [4.78, 5) is 32.9. The van der Waals surface area contributed by atoms with Crippen molar-refractivity contribution in [2.24, 2.45) is 0 Å². The van der Waals surface area contributed by atoms with Gasteiger partial charge in [0.15, 0.2) is 5.16 Å². The first-order chi connectivity index (χ1) is 16.0. The van der Waals surface area contributed by atoms with E-state index in [2.05, 4.69) is 4.98 Å². The number of thioether (sulfide) groups is 1. The van der Waals surface area contributed by atoms with Crippen LogP contribution in [0.2, 0.25) is 0 Å². The highest BCUT2D eigenvalue weighted by Gasteiger charge is 2.29.